The van der Waals surface area contributed by atoms with Crippen molar-refractivity contribution >= 4 is 5.97 Å². The van der Waals surface area contributed by atoms with Crippen LogP contribution in [-0.2, 0) is 11.3 Å². The van der Waals surface area contributed by atoms with Crippen LogP contribution in [0.4, 0.5) is 0 Å². The number of carbonyl (C=O) groups excluding carboxylic acids is 1. The van der Waals surface area contributed by atoms with Crippen LogP contribution in [0.25, 0.3) is 0 Å². The first-order valence-corrected chi connectivity index (χ1v) is 7.54. The molecule has 0 spiro atoms. The molecule has 3 atom stereocenters. The molecular formula is C16H18N2O3. The van der Waals surface area contributed by atoms with E-state index in [2.05, 4.69) is 10.2 Å². The van der Waals surface area contributed by atoms with E-state index in [0.29, 0.717) is 29.8 Å². The van der Waals surface area contributed by atoms with E-state index in [1.54, 1.807) is 6.07 Å². The fourth-order valence-electron chi connectivity index (χ4n) is 4.57. The van der Waals surface area contributed by atoms with Crippen LogP contribution in [0, 0.1) is 6.92 Å². The van der Waals surface area contributed by atoms with Crippen molar-refractivity contribution in [1.82, 2.24) is 10.2 Å². The molecule has 4 aliphatic rings. The number of ether oxygens (including phenoxy) is 1. The van der Waals surface area contributed by atoms with Crippen LogP contribution in [-0.4, -0.2) is 46.7 Å². The Balaban J connectivity index is 1.39. The van der Waals surface area contributed by atoms with Gasteiger partial charge in [-0.25, -0.2) is 4.79 Å². The first kappa shape index (κ1) is 12.1. The first-order chi connectivity index (χ1) is 10.1. The molecule has 1 aliphatic carbocycles. The highest BCUT2D eigenvalue weighted by atomic mass is 16.5. The summed E-state index contributed by atoms with van der Waals surface area (Å²) in [5.41, 5.74) is 4.27. The van der Waals surface area contributed by atoms with E-state index in [9.17, 15) is 9.90 Å². The Morgan fingerprint density at radius 2 is 2.38 bits per heavy atom. The van der Waals surface area contributed by atoms with Gasteiger partial charge in [-0.1, -0.05) is 6.07 Å². The molecule has 2 saturated heterocycles. The van der Waals surface area contributed by atoms with E-state index < -0.39 is 6.10 Å². The van der Waals surface area contributed by atoms with Gasteiger partial charge in [0.25, 0.3) is 0 Å². The number of fused-ring (bicyclic) bond motifs is 1. The topological polar surface area (TPSA) is 61.8 Å². The van der Waals surface area contributed by atoms with Crippen molar-refractivity contribution in [3.05, 3.63) is 34.4 Å². The zero-order chi connectivity index (χ0) is 14.4. The van der Waals surface area contributed by atoms with Crippen LogP contribution >= 0.6 is 0 Å². The molecule has 3 heterocycles. The van der Waals surface area contributed by atoms with Gasteiger partial charge in [0.15, 0.2) is 0 Å². The molecule has 5 heteroatoms. The van der Waals surface area contributed by atoms with E-state index in [-0.39, 0.29) is 5.97 Å². The number of likely N-dealkylation sites (tertiary alicyclic amines) is 1. The Bertz CT molecular complexity index is 688. The second kappa shape index (κ2) is 3.48. The number of piperazine rings is 1. The van der Waals surface area contributed by atoms with Gasteiger partial charge in [0.2, 0.25) is 0 Å². The van der Waals surface area contributed by atoms with Gasteiger partial charge in [-0.15, -0.1) is 0 Å². The Kier molecular flexibility index (Phi) is 2.01. The van der Waals surface area contributed by atoms with Gasteiger partial charge in [0, 0.05) is 25.2 Å². The number of rotatable bonds is 3. The minimum atomic E-state index is -0.500. The number of aliphatic hydroxyl groups is 1. The summed E-state index contributed by atoms with van der Waals surface area (Å²) >= 11 is 0. The maximum Gasteiger partial charge on any atom is 0.338 e. The smallest absolute Gasteiger partial charge is 0.338 e. The number of benzene rings is 1. The first-order valence-electron chi connectivity index (χ1n) is 7.54. The molecule has 0 aromatic heterocycles. The zero-order valence-electron chi connectivity index (χ0n) is 12.0. The summed E-state index contributed by atoms with van der Waals surface area (Å²) in [7, 11) is 0. The number of hydrogen-bond donors (Lipinski definition) is 2. The number of aliphatic hydroxyl groups excluding tert-OH is 1. The predicted molar refractivity (Wildman–Crippen MR) is 74.9 cm³/mol. The van der Waals surface area contributed by atoms with Crippen molar-refractivity contribution in [3.63, 3.8) is 0 Å². The molecule has 21 heavy (non-hydrogen) atoms. The lowest BCUT2D eigenvalue weighted by atomic mass is 9.87. The minimum Gasteiger partial charge on any atom is -0.457 e. The number of esters is 1. The van der Waals surface area contributed by atoms with Gasteiger partial charge in [-0.2, -0.15) is 0 Å². The second-order valence-electron chi connectivity index (χ2n) is 6.92. The molecule has 0 amide bonds. The SMILES string of the molecule is Cc1c([C@@H](O)CN2C[C@@]34C[C@]23CN4)ccc2c1COC2=O. The quantitative estimate of drug-likeness (QED) is 0.792. The standard InChI is InChI=1S/C16H18N2O3/c1-9-10(2-3-11-12(9)5-21-14(11)20)13(19)4-18-8-15-6-16(15,18)7-17-15/h2-3,13,17,19H,4-8H2,1H3/t13-,15-,16+/m0/s1. The largest absolute Gasteiger partial charge is 0.457 e. The van der Waals surface area contributed by atoms with Crippen LogP contribution < -0.4 is 5.32 Å². The van der Waals surface area contributed by atoms with E-state index in [0.717, 1.165) is 29.8 Å². The summed E-state index contributed by atoms with van der Waals surface area (Å²) in [6.45, 7) is 5.10. The third-order valence-electron chi connectivity index (χ3n) is 6.11. The average molecular weight is 286 g/mol. The monoisotopic (exact) mass is 286 g/mol. The Morgan fingerprint density at radius 3 is 3.00 bits per heavy atom. The number of nitrogens with one attached hydrogen (secondary N) is 1. The molecule has 3 fully saturated rings. The van der Waals surface area contributed by atoms with Crippen molar-refractivity contribution in [2.45, 2.75) is 37.1 Å². The maximum absolute atomic E-state index is 11.6. The number of β-amino-alcohol motifs (C(OH)–C–C–N with tert-alkyl or cyclic N) is 1. The van der Waals surface area contributed by atoms with E-state index >= 15 is 0 Å². The van der Waals surface area contributed by atoms with Crippen molar-refractivity contribution in [2.24, 2.45) is 0 Å². The van der Waals surface area contributed by atoms with Gasteiger partial charge < -0.3 is 15.2 Å². The summed E-state index contributed by atoms with van der Waals surface area (Å²) in [6.07, 6.45) is 0.734. The lowest BCUT2D eigenvalue weighted by Crippen LogP contribution is -2.77. The molecule has 1 saturated carbocycles. The highest BCUT2D eigenvalue weighted by Crippen LogP contribution is 2.66. The lowest BCUT2D eigenvalue weighted by Gasteiger charge is -2.56. The zero-order valence-corrected chi connectivity index (χ0v) is 12.0. The number of cyclic esters (lactones) is 1. The van der Waals surface area contributed by atoms with Crippen LogP contribution in [0.15, 0.2) is 12.1 Å². The summed E-state index contributed by atoms with van der Waals surface area (Å²) in [4.78, 5) is 14.0. The molecule has 110 valence electrons. The molecule has 0 unspecified atom stereocenters. The van der Waals surface area contributed by atoms with Gasteiger partial charge in [0.05, 0.1) is 22.7 Å². The molecule has 3 aliphatic heterocycles. The van der Waals surface area contributed by atoms with Gasteiger partial charge in [-0.05, 0) is 30.5 Å². The van der Waals surface area contributed by atoms with Crippen LogP contribution in [0.2, 0.25) is 0 Å². The predicted octanol–water partition coefficient (Wildman–Crippen LogP) is 0.499. The molecule has 2 N–H and O–H groups in total. The average Bonchev–Trinajstić information content (AvgIpc) is 2.84. The Hall–Kier alpha value is -1.43. The van der Waals surface area contributed by atoms with E-state index in [4.69, 9.17) is 4.74 Å². The Morgan fingerprint density at radius 1 is 1.52 bits per heavy atom. The van der Waals surface area contributed by atoms with Crippen LogP contribution in [0.5, 0.6) is 0 Å². The molecule has 0 radical (unpaired) electrons. The van der Waals surface area contributed by atoms with E-state index in [1.807, 2.05) is 13.0 Å². The molecule has 5 rings (SSSR count). The van der Waals surface area contributed by atoms with Crippen molar-refractivity contribution in [3.8, 4) is 0 Å². The highest BCUT2D eigenvalue weighted by Gasteiger charge is 2.84. The van der Waals surface area contributed by atoms with Crippen LogP contribution in [0.3, 0.4) is 0 Å². The molecule has 5 nitrogen and oxygen atoms in total. The maximum atomic E-state index is 11.6. The third kappa shape index (κ3) is 1.26. The number of carbonyl (C=O) groups is 1. The Labute approximate surface area is 122 Å². The summed E-state index contributed by atoms with van der Waals surface area (Å²) in [6, 6.07) is 3.67. The molecular weight excluding hydrogens is 268 g/mol. The van der Waals surface area contributed by atoms with Crippen molar-refractivity contribution in [1.29, 1.82) is 0 Å². The number of hydrogen-bond acceptors (Lipinski definition) is 5. The summed E-state index contributed by atoms with van der Waals surface area (Å²) in [5.74, 6) is -0.251. The normalized spacial score (nSPS) is 36.8. The van der Waals surface area contributed by atoms with E-state index in [1.165, 1.54) is 6.42 Å². The fourth-order valence-corrected chi connectivity index (χ4v) is 4.57. The van der Waals surface area contributed by atoms with Gasteiger partial charge in [0.1, 0.15) is 6.61 Å². The van der Waals surface area contributed by atoms with Crippen molar-refractivity contribution in [2.75, 3.05) is 19.6 Å². The van der Waals surface area contributed by atoms with Crippen molar-refractivity contribution < 1.29 is 14.6 Å². The summed E-state index contributed by atoms with van der Waals surface area (Å²) in [5, 5.41) is 14.1. The molecule has 1 aromatic carbocycles. The number of nitrogens with zero attached hydrogens (tertiary/aromatic N) is 1. The lowest BCUT2D eigenvalue weighted by molar-refractivity contribution is -0.0454. The summed E-state index contributed by atoms with van der Waals surface area (Å²) < 4.78 is 5.08. The molecule has 1 aromatic rings. The molecule has 0 bridgehead atoms. The van der Waals surface area contributed by atoms with Crippen LogP contribution in [0.1, 0.15) is 39.6 Å². The minimum absolute atomic E-state index is 0.251. The van der Waals surface area contributed by atoms with Gasteiger partial charge >= 0.3 is 5.97 Å². The second-order valence-corrected chi connectivity index (χ2v) is 6.92. The third-order valence-corrected chi connectivity index (χ3v) is 6.11. The highest BCUT2D eigenvalue weighted by molar-refractivity contribution is 5.93. The fraction of sp³-hybridized carbons (Fsp3) is 0.562. The van der Waals surface area contributed by atoms with Gasteiger partial charge in [-0.3, -0.25) is 4.90 Å².